The molecule has 5 nitrogen and oxygen atoms in total. The first-order valence-electron chi connectivity index (χ1n) is 7.15. The number of hydrogen-bond donors (Lipinski definition) is 0. The van der Waals surface area contributed by atoms with Gasteiger partial charge < -0.3 is 14.4 Å². The maximum Gasteiger partial charge on any atom is 0.307 e. The second-order valence-corrected chi connectivity index (χ2v) is 5.45. The highest BCUT2D eigenvalue weighted by molar-refractivity contribution is 5.77. The first-order valence-corrected chi connectivity index (χ1v) is 7.15. The molecular formula is C14H23NO4. The Bertz CT molecular complexity index is 321. The van der Waals surface area contributed by atoms with Crippen molar-refractivity contribution in [1.29, 1.82) is 0 Å². The smallest absolute Gasteiger partial charge is 0.307 e. The Balaban J connectivity index is 1.82. The molecule has 1 saturated carbocycles. The van der Waals surface area contributed by atoms with Crippen molar-refractivity contribution in [3.05, 3.63) is 0 Å². The molecule has 5 heteroatoms. The van der Waals surface area contributed by atoms with Gasteiger partial charge in [-0.2, -0.15) is 0 Å². The molecule has 0 spiro atoms. The molecular weight excluding hydrogens is 246 g/mol. The SMILES string of the molecule is COC(=O)CCN(CC1CCCO1)C(=O)CC1CC1. The topological polar surface area (TPSA) is 55.8 Å². The third-order valence-corrected chi connectivity index (χ3v) is 3.77. The second kappa shape index (κ2) is 6.89. The zero-order valence-electron chi connectivity index (χ0n) is 11.6. The van der Waals surface area contributed by atoms with Gasteiger partial charge in [0.25, 0.3) is 0 Å². The summed E-state index contributed by atoms with van der Waals surface area (Å²) in [6.45, 7) is 1.84. The minimum absolute atomic E-state index is 0.140. The third-order valence-electron chi connectivity index (χ3n) is 3.77. The molecule has 2 fully saturated rings. The van der Waals surface area contributed by atoms with Gasteiger partial charge in [0.2, 0.25) is 5.91 Å². The Morgan fingerprint density at radius 1 is 1.32 bits per heavy atom. The van der Waals surface area contributed by atoms with Crippen molar-refractivity contribution in [3.63, 3.8) is 0 Å². The number of hydrogen-bond acceptors (Lipinski definition) is 4. The molecule has 108 valence electrons. The molecule has 0 radical (unpaired) electrons. The average molecular weight is 269 g/mol. The van der Waals surface area contributed by atoms with Crippen LogP contribution in [0.5, 0.6) is 0 Å². The number of esters is 1. The van der Waals surface area contributed by atoms with Crippen LogP contribution in [-0.2, 0) is 19.1 Å². The highest BCUT2D eigenvalue weighted by Gasteiger charge is 2.29. The molecule has 0 aromatic heterocycles. The quantitative estimate of drug-likeness (QED) is 0.655. The molecule has 0 aromatic carbocycles. The number of nitrogens with zero attached hydrogens (tertiary/aromatic N) is 1. The van der Waals surface area contributed by atoms with Crippen LogP contribution in [0.25, 0.3) is 0 Å². The summed E-state index contributed by atoms with van der Waals surface area (Å²) >= 11 is 0. The molecule has 1 unspecified atom stereocenters. The predicted molar refractivity (Wildman–Crippen MR) is 69.5 cm³/mol. The molecule has 1 atom stereocenters. The number of methoxy groups -OCH3 is 1. The van der Waals surface area contributed by atoms with Gasteiger partial charge >= 0.3 is 5.97 Å². The summed E-state index contributed by atoms with van der Waals surface area (Å²) < 4.78 is 10.2. The summed E-state index contributed by atoms with van der Waals surface area (Å²) in [6.07, 6.45) is 5.42. The van der Waals surface area contributed by atoms with E-state index in [0.717, 1.165) is 32.3 Å². The fourth-order valence-electron chi connectivity index (χ4n) is 2.38. The van der Waals surface area contributed by atoms with Gasteiger partial charge in [-0.15, -0.1) is 0 Å². The lowest BCUT2D eigenvalue weighted by molar-refractivity contribution is -0.142. The lowest BCUT2D eigenvalue weighted by Crippen LogP contribution is -2.39. The van der Waals surface area contributed by atoms with Gasteiger partial charge in [0.15, 0.2) is 0 Å². The van der Waals surface area contributed by atoms with E-state index in [-0.39, 0.29) is 24.4 Å². The van der Waals surface area contributed by atoms with Crippen molar-refractivity contribution in [2.24, 2.45) is 5.92 Å². The summed E-state index contributed by atoms with van der Waals surface area (Å²) in [7, 11) is 1.37. The van der Waals surface area contributed by atoms with Crippen LogP contribution in [0.4, 0.5) is 0 Å². The van der Waals surface area contributed by atoms with E-state index in [1.165, 1.54) is 7.11 Å². The summed E-state index contributed by atoms with van der Waals surface area (Å²) in [5.74, 6) is 0.455. The summed E-state index contributed by atoms with van der Waals surface area (Å²) in [5, 5.41) is 0. The largest absolute Gasteiger partial charge is 0.469 e. The zero-order valence-corrected chi connectivity index (χ0v) is 11.6. The van der Waals surface area contributed by atoms with Crippen LogP contribution in [0.15, 0.2) is 0 Å². The van der Waals surface area contributed by atoms with Crippen molar-refractivity contribution in [3.8, 4) is 0 Å². The first kappa shape index (κ1) is 14.3. The molecule has 2 aliphatic rings. The highest BCUT2D eigenvalue weighted by Crippen LogP contribution is 2.33. The Morgan fingerprint density at radius 2 is 2.11 bits per heavy atom. The lowest BCUT2D eigenvalue weighted by atomic mass is 10.2. The van der Waals surface area contributed by atoms with Gasteiger partial charge in [-0.1, -0.05) is 0 Å². The van der Waals surface area contributed by atoms with Gasteiger partial charge in [0.05, 0.1) is 19.6 Å². The summed E-state index contributed by atoms with van der Waals surface area (Å²) in [6, 6.07) is 0. The van der Waals surface area contributed by atoms with Crippen molar-refractivity contribution < 1.29 is 19.1 Å². The Labute approximate surface area is 114 Å². The normalized spacial score (nSPS) is 22.3. The Kier molecular flexibility index (Phi) is 5.19. The van der Waals surface area contributed by atoms with Gasteiger partial charge in [-0.25, -0.2) is 0 Å². The van der Waals surface area contributed by atoms with Gasteiger partial charge in [-0.05, 0) is 31.6 Å². The number of carbonyl (C=O) groups is 2. The van der Waals surface area contributed by atoms with Crippen molar-refractivity contribution >= 4 is 11.9 Å². The fraction of sp³-hybridized carbons (Fsp3) is 0.857. The van der Waals surface area contributed by atoms with E-state index in [4.69, 9.17) is 4.74 Å². The molecule has 2 rings (SSSR count). The highest BCUT2D eigenvalue weighted by atomic mass is 16.5. The predicted octanol–water partition coefficient (Wildman–Crippen LogP) is 1.36. The molecule has 1 aliphatic heterocycles. The van der Waals surface area contributed by atoms with Crippen LogP contribution in [0.1, 0.15) is 38.5 Å². The number of ether oxygens (including phenoxy) is 2. The molecule has 1 heterocycles. The monoisotopic (exact) mass is 269 g/mol. The molecule has 19 heavy (non-hydrogen) atoms. The number of carbonyl (C=O) groups excluding carboxylic acids is 2. The molecule has 0 N–H and O–H groups in total. The molecule has 1 saturated heterocycles. The molecule has 1 aliphatic carbocycles. The molecule has 0 aromatic rings. The number of amides is 1. The Hall–Kier alpha value is -1.10. The van der Waals surface area contributed by atoms with E-state index in [9.17, 15) is 9.59 Å². The lowest BCUT2D eigenvalue weighted by Gasteiger charge is -2.25. The molecule has 0 bridgehead atoms. The maximum atomic E-state index is 12.2. The van der Waals surface area contributed by atoms with E-state index in [1.54, 1.807) is 4.90 Å². The standard InChI is InChI=1S/C14H23NO4/c1-18-14(17)6-7-15(10-12-3-2-8-19-12)13(16)9-11-4-5-11/h11-12H,2-10H2,1H3. The zero-order chi connectivity index (χ0) is 13.7. The van der Waals surface area contributed by atoms with Gasteiger partial charge in [-0.3, -0.25) is 9.59 Å². The van der Waals surface area contributed by atoms with E-state index < -0.39 is 0 Å². The van der Waals surface area contributed by atoms with Crippen LogP contribution in [0, 0.1) is 5.92 Å². The second-order valence-electron chi connectivity index (χ2n) is 5.45. The minimum atomic E-state index is -0.267. The van der Waals surface area contributed by atoms with Crippen molar-refractivity contribution in [1.82, 2.24) is 4.90 Å². The van der Waals surface area contributed by atoms with Gasteiger partial charge in [0.1, 0.15) is 0 Å². The molecule has 1 amide bonds. The van der Waals surface area contributed by atoms with E-state index in [0.29, 0.717) is 25.4 Å². The van der Waals surface area contributed by atoms with E-state index in [1.807, 2.05) is 0 Å². The summed E-state index contributed by atoms with van der Waals surface area (Å²) in [5.41, 5.74) is 0. The minimum Gasteiger partial charge on any atom is -0.469 e. The fourth-order valence-corrected chi connectivity index (χ4v) is 2.38. The third kappa shape index (κ3) is 4.82. The van der Waals surface area contributed by atoms with Crippen LogP contribution in [-0.4, -0.2) is 49.7 Å². The van der Waals surface area contributed by atoms with Crippen LogP contribution >= 0.6 is 0 Å². The van der Waals surface area contributed by atoms with Crippen molar-refractivity contribution in [2.45, 2.75) is 44.6 Å². The van der Waals surface area contributed by atoms with E-state index in [2.05, 4.69) is 4.74 Å². The van der Waals surface area contributed by atoms with Crippen LogP contribution in [0.2, 0.25) is 0 Å². The number of rotatable bonds is 7. The van der Waals surface area contributed by atoms with Crippen LogP contribution < -0.4 is 0 Å². The van der Waals surface area contributed by atoms with E-state index >= 15 is 0 Å². The van der Waals surface area contributed by atoms with Crippen LogP contribution in [0.3, 0.4) is 0 Å². The summed E-state index contributed by atoms with van der Waals surface area (Å²) in [4.78, 5) is 25.2. The average Bonchev–Trinajstić information content (AvgIpc) is 3.06. The van der Waals surface area contributed by atoms with Gasteiger partial charge in [0, 0.05) is 26.1 Å². The Morgan fingerprint density at radius 3 is 2.68 bits per heavy atom. The maximum absolute atomic E-state index is 12.2. The first-order chi connectivity index (χ1) is 9.19. The van der Waals surface area contributed by atoms with Crippen molar-refractivity contribution in [2.75, 3.05) is 26.8 Å².